The van der Waals surface area contributed by atoms with E-state index in [9.17, 15) is 4.79 Å². The van der Waals surface area contributed by atoms with Crippen molar-refractivity contribution in [2.24, 2.45) is 0 Å². The minimum Gasteiger partial charge on any atom is -0.469 e. The number of carbonyl (C=O) groups is 1. The maximum atomic E-state index is 10.9. The zero-order chi connectivity index (χ0) is 9.68. The molecule has 13 heavy (non-hydrogen) atoms. The summed E-state index contributed by atoms with van der Waals surface area (Å²) in [5.74, 6) is 0.716. The molecular weight excluding hydrogens is 188 g/mol. The van der Waals surface area contributed by atoms with Crippen LogP contribution in [-0.4, -0.2) is 5.24 Å². The monoisotopic (exact) mass is 200 g/mol. The Balaban J connectivity index is 2.55. The van der Waals surface area contributed by atoms with E-state index in [1.54, 1.807) is 6.07 Å². The first-order chi connectivity index (χ1) is 6.25. The first-order valence-corrected chi connectivity index (χ1v) is 4.89. The molecule has 0 aromatic carbocycles. The quantitative estimate of drug-likeness (QED) is 0.539. The standard InChI is InChI=1S/C10H13ClO2/c1-2-3-4-5-9-8(10(11)12)6-7-13-9/h6-7H,2-5H2,1H3. The van der Waals surface area contributed by atoms with Crippen molar-refractivity contribution in [2.75, 3.05) is 0 Å². The van der Waals surface area contributed by atoms with Crippen LogP contribution in [0.3, 0.4) is 0 Å². The molecule has 1 aromatic heterocycles. The summed E-state index contributed by atoms with van der Waals surface area (Å²) in [6.07, 6.45) is 5.66. The van der Waals surface area contributed by atoms with Gasteiger partial charge in [-0.1, -0.05) is 19.8 Å². The summed E-state index contributed by atoms with van der Waals surface area (Å²) in [5, 5.41) is -0.430. The molecule has 0 saturated heterocycles. The Labute approximate surface area is 82.9 Å². The average molecular weight is 201 g/mol. The maximum Gasteiger partial charge on any atom is 0.255 e. The van der Waals surface area contributed by atoms with Gasteiger partial charge in [0.15, 0.2) is 0 Å². The molecule has 0 saturated carbocycles. The van der Waals surface area contributed by atoms with Crippen molar-refractivity contribution in [3.8, 4) is 0 Å². The number of rotatable bonds is 5. The molecule has 72 valence electrons. The number of furan rings is 1. The molecule has 0 aliphatic carbocycles. The molecule has 0 aliphatic heterocycles. The van der Waals surface area contributed by atoms with Gasteiger partial charge in [-0.05, 0) is 24.1 Å². The smallest absolute Gasteiger partial charge is 0.255 e. The zero-order valence-corrected chi connectivity index (χ0v) is 8.43. The van der Waals surface area contributed by atoms with Crippen LogP contribution in [0.15, 0.2) is 16.7 Å². The summed E-state index contributed by atoms with van der Waals surface area (Å²) in [6, 6.07) is 1.62. The van der Waals surface area contributed by atoms with E-state index in [0.29, 0.717) is 11.3 Å². The molecular formula is C10H13ClO2. The molecule has 0 atom stereocenters. The molecule has 0 unspecified atom stereocenters. The van der Waals surface area contributed by atoms with Crippen LogP contribution in [0.25, 0.3) is 0 Å². The second-order valence-electron chi connectivity index (χ2n) is 2.99. The first kappa shape index (κ1) is 10.3. The van der Waals surface area contributed by atoms with E-state index in [4.69, 9.17) is 16.0 Å². The van der Waals surface area contributed by atoms with Crippen LogP contribution in [0, 0.1) is 0 Å². The normalized spacial score (nSPS) is 10.3. The van der Waals surface area contributed by atoms with Gasteiger partial charge in [-0.2, -0.15) is 0 Å². The van der Waals surface area contributed by atoms with Gasteiger partial charge >= 0.3 is 0 Å². The van der Waals surface area contributed by atoms with Gasteiger partial charge in [-0.15, -0.1) is 0 Å². The van der Waals surface area contributed by atoms with E-state index in [2.05, 4.69) is 6.92 Å². The van der Waals surface area contributed by atoms with Crippen molar-refractivity contribution in [3.63, 3.8) is 0 Å². The number of aryl methyl sites for hydroxylation is 1. The van der Waals surface area contributed by atoms with Crippen LogP contribution >= 0.6 is 11.6 Å². The van der Waals surface area contributed by atoms with Gasteiger partial charge in [0.1, 0.15) is 5.76 Å². The molecule has 0 amide bonds. The largest absolute Gasteiger partial charge is 0.469 e. The Morgan fingerprint density at radius 3 is 2.92 bits per heavy atom. The van der Waals surface area contributed by atoms with Crippen molar-refractivity contribution < 1.29 is 9.21 Å². The highest BCUT2D eigenvalue weighted by molar-refractivity contribution is 6.67. The molecule has 1 heterocycles. The fraction of sp³-hybridized carbons (Fsp3) is 0.500. The Kier molecular flexibility index (Phi) is 4.03. The lowest BCUT2D eigenvalue weighted by Gasteiger charge is -1.97. The zero-order valence-electron chi connectivity index (χ0n) is 7.68. The lowest BCUT2D eigenvalue weighted by atomic mass is 10.1. The fourth-order valence-electron chi connectivity index (χ4n) is 1.24. The molecule has 1 rings (SSSR count). The molecule has 2 nitrogen and oxygen atoms in total. The van der Waals surface area contributed by atoms with Gasteiger partial charge in [-0.25, -0.2) is 0 Å². The predicted octanol–water partition coefficient (Wildman–Crippen LogP) is 3.39. The van der Waals surface area contributed by atoms with E-state index >= 15 is 0 Å². The average Bonchev–Trinajstić information content (AvgIpc) is 2.53. The second kappa shape index (κ2) is 5.07. The SMILES string of the molecule is CCCCCc1occc1C(=O)Cl. The van der Waals surface area contributed by atoms with Crippen LogP contribution in [0.4, 0.5) is 0 Å². The summed E-state index contributed by atoms with van der Waals surface area (Å²) in [6.45, 7) is 2.13. The molecule has 3 heteroatoms. The highest BCUT2D eigenvalue weighted by Crippen LogP contribution is 2.16. The third kappa shape index (κ3) is 2.88. The van der Waals surface area contributed by atoms with Gasteiger partial charge in [0, 0.05) is 6.42 Å². The van der Waals surface area contributed by atoms with E-state index in [-0.39, 0.29) is 0 Å². The number of hydrogen-bond acceptors (Lipinski definition) is 2. The highest BCUT2D eigenvalue weighted by atomic mass is 35.5. The number of hydrogen-bond donors (Lipinski definition) is 0. The van der Waals surface area contributed by atoms with Crippen LogP contribution in [-0.2, 0) is 6.42 Å². The summed E-state index contributed by atoms with van der Waals surface area (Å²) < 4.78 is 5.17. The predicted molar refractivity (Wildman–Crippen MR) is 52.1 cm³/mol. The fourth-order valence-corrected chi connectivity index (χ4v) is 1.41. The van der Waals surface area contributed by atoms with Crippen molar-refractivity contribution in [1.82, 2.24) is 0 Å². The number of halogens is 1. The van der Waals surface area contributed by atoms with Crippen molar-refractivity contribution in [3.05, 3.63) is 23.7 Å². The minimum absolute atomic E-state index is 0.430. The lowest BCUT2D eigenvalue weighted by molar-refractivity contribution is 0.107. The Morgan fingerprint density at radius 2 is 2.31 bits per heavy atom. The van der Waals surface area contributed by atoms with E-state index in [1.807, 2.05) is 0 Å². The summed E-state index contributed by atoms with van der Waals surface area (Å²) >= 11 is 5.36. The minimum atomic E-state index is -0.430. The third-order valence-corrected chi connectivity index (χ3v) is 2.17. The molecule has 0 aliphatic rings. The van der Waals surface area contributed by atoms with Crippen molar-refractivity contribution in [2.45, 2.75) is 32.6 Å². The van der Waals surface area contributed by atoms with Gasteiger partial charge < -0.3 is 4.42 Å². The molecule has 0 fully saturated rings. The van der Waals surface area contributed by atoms with Gasteiger partial charge in [0.05, 0.1) is 11.8 Å². The Morgan fingerprint density at radius 1 is 1.54 bits per heavy atom. The second-order valence-corrected chi connectivity index (χ2v) is 3.33. The maximum absolute atomic E-state index is 10.9. The van der Waals surface area contributed by atoms with Crippen LogP contribution in [0.1, 0.15) is 42.3 Å². The molecule has 0 N–H and O–H groups in total. The lowest BCUT2D eigenvalue weighted by Crippen LogP contribution is -1.93. The van der Waals surface area contributed by atoms with E-state index in [1.165, 1.54) is 6.26 Å². The summed E-state index contributed by atoms with van der Waals surface area (Å²) in [7, 11) is 0. The topological polar surface area (TPSA) is 30.2 Å². The van der Waals surface area contributed by atoms with E-state index in [0.717, 1.165) is 25.7 Å². The third-order valence-electron chi connectivity index (χ3n) is 1.96. The molecule has 0 radical (unpaired) electrons. The van der Waals surface area contributed by atoms with Gasteiger partial charge in [0.2, 0.25) is 0 Å². The van der Waals surface area contributed by atoms with Crippen molar-refractivity contribution >= 4 is 16.8 Å². The van der Waals surface area contributed by atoms with E-state index < -0.39 is 5.24 Å². The molecule has 0 bridgehead atoms. The van der Waals surface area contributed by atoms with Gasteiger partial charge in [-0.3, -0.25) is 4.79 Å². The molecule has 1 aromatic rings. The van der Waals surface area contributed by atoms with Gasteiger partial charge in [0.25, 0.3) is 5.24 Å². The number of unbranched alkanes of at least 4 members (excludes halogenated alkanes) is 2. The highest BCUT2D eigenvalue weighted by Gasteiger charge is 2.11. The first-order valence-electron chi connectivity index (χ1n) is 4.52. The summed E-state index contributed by atoms with van der Waals surface area (Å²) in [5.41, 5.74) is 0.512. The van der Waals surface area contributed by atoms with Crippen LogP contribution < -0.4 is 0 Å². The Hall–Kier alpha value is -0.760. The Bertz CT molecular complexity index is 278. The van der Waals surface area contributed by atoms with Crippen LogP contribution in [0.2, 0.25) is 0 Å². The molecule has 0 spiro atoms. The van der Waals surface area contributed by atoms with Crippen LogP contribution in [0.5, 0.6) is 0 Å². The van der Waals surface area contributed by atoms with Crippen molar-refractivity contribution in [1.29, 1.82) is 0 Å². The summed E-state index contributed by atoms with van der Waals surface area (Å²) in [4.78, 5) is 10.9. The number of carbonyl (C=O) groups excluding carboxylic acids is 1.